The van der Waals surface area contributed by atoms with Crippen molar-refractivity contribution in [3.63, 3.8) is 0 Å². The molecule has 0 aromatic carbocycles. The minimum atomic E-state index is -0.950. The molecule has 5 heteroatoms. The van der Waals surface area contributed by atoms with Gasteiger partial charge in [-0.05, 0) is 0 Å². The van der Waals surface area contributed by atoms with Crippen molar-refractivity contribution in [1.29, 1.82) is 0 Å². The van der Waals surface area contributed by atoms with Gasteiger partial charge in [0.25, 0.3) is 0 Å². The van der Waals surface area contributed by atoms with Crippen molar-refractivity contribution in [2.24, 2.45) is 0 Å². The largest absolute Gasteiger partial charge is 0.492 e. The lowest BCUT2D eigenvalue weighted by atomic mass is 10.2. The highest BCUT2D eigenvalue weighted by molar-refractivity contribution is 7.12. The van der Waals surface area contributed by atoms with E-state index in [9.17, 15) is 9.90 Å². The summed E-state index contributed by atoms with van der Waals surface area (Å²) in [6, 6.07) is 0. The van der Waals surface area contributed by atoms with Crippen LogP contribution in [-0.4, -0.2) is 21.2 Å². The van der Waals surface area contributed by atoms with E-state index in [1.165, 1.54) is 11.3 Å². The zero-order valence-corrected chi connectivity index (χ0v) is 8.26. The lowest BCUT2D eigenvalue weighted by molar-refractivity contribution is -0.136. The summed E-state index contributed by atoms with van der Waals surface area (Å²) in [5, 5.41) is 18.5. The highest BCUT2D eigenvalue weighted by Gasteiger charge is 2.14. The minimum absolute atomic E-state index is 0.142. The summed E-state index contributed by atoms with van der Waals surface area (Å²) >= 11 is 1.25. The molecule has 0 aliphatic heterocycles. The van der Waals surface area contributed by atoms with Gasteiger partial charge in [-0.3, -0.25) is 4.79 Å². The summed E-state index contributed by atoms with van der Waals surface area (Å²) in [4.78, 5) is 14.7. The first-order chi connectivity index (χ1) is 6.00. The van der Waals surface area contributed by atoms with E-state index in [4.69, 9.17) is 5.11 Å². The lowest BCUT2D eigenvalue weighted by Crippen LogP contribution is -1.97. The first kappa shape index (κ1) is 9.98. The second kappa shape index (κ2) is 3.74. The summed E-state index contributed by atoms with van der Waals surface area (Å²) < 4.78 is 0. The average Bonchev–Trinajstić information content (AvgIpc) is 2.31. The van der Waals surface area contributed by atoms with Crippen LogP contribution in [-0.2, 0) is 11.2 Å². The third kappa shape index (κ3) is 2.42. The van der Waals surface area contributed by atoms with Gasteiger partial charge >= 0.3 is 5.97 Å². The van der Waals surface area contributed by atoms with Crippen molar-refractivity contribution in [2.75, 3.05) is 0 Å². The number of hydrogen-bond acceptors (Lipinski definition) is 4. The molecule has 1 rings (SSSR count). The summed E-state index contributed by atoms with van der Waals surface area (Å²) in [7, 11) is 0. The maximum Gasteiger partial charge on any atom is 0.308 e. The molecule has 0 bridgehead atoms. The maximum absolute atomic E-state index is 10.4. The molecule has 13 heavy (non-hydrogen) atoms. The van der Waals surface area contributed by atoms with Crippen molar-refractivity contribution in [1.82, 2.24) is 4.98 Å². The number of aromatic nitrogens is 1. The Kier molecular flexibility index (Phi) is 2.87. The monoisotopic (exact) mass is 201 g/mol. The Morgan fingerprint density at radius 1 is 1.62 bits per heavy atom. The van der Waals surface area contributed by atoms with E-state index >= 15 is 0 Å². The van der Waals surface area contributed by atoms with Crippen molar-refractivity contribution in [3.8, 4) is 5.88 Å². The number of aliphatic carboxylic acids is 1. The van der Waals surface area contributed by atoms with Gasteiger partial charge in [0.1, 0.15) is 0 Å². The van der Waals surface area contributed by atoms with Crippen LogP contribution in [0.4, 0.5) is 0 Å². The number of hydrogen-bond donors (Lipinski definition) is 2. The second-order valence-electron chi connectivity index (χ2n) is 3.02. The van der Waals surface area contributed by atoms with E-state index in [1.807, 2.05) is 13.8 Å². The standard InChI is InChI=1S/C8H11NO3S/c1-4(2)8-9-7(12)5(13-8)3-6(10)11/h4,12H,3H2,1-2H3,(H,10,11). The molecular formula is C8H11NO3S. The summed E-state index contributed by atoms with van der Waals surface area (Å²) in [6.07, 6.45) is -0.157. The van der Waals surface area contributed by atoms with E-state index in [0.717, 1.165) is 5.01 Å². The van der Waals surface area contributed by atoms with Crippen LogP contribution in [0.25, 0.3) is 0 Å². The third-order valence-corrected chi connectivity index (χ3v) is 2.84. The molecule has 72 valence electrons. The number of thiazole rings is 1. The molecule has 0 atom stereocenters. The molecule has 0 aliphatic carbocycles. The van der Waals surface area contributed by atoms with Gasteiger partial charge in [-0.2, -0.15) is 0 Å². The van der Waals surface area contributed by atoms with Crippen LogP contribution in [0.3, 0.4) is 0 Å². The van der Waals surface area contributed by atoms with Gasteiger partial charge in [-0.1, -0.05) is 13.8 Å². The van der Waals surface area contributed by atoms with E-state index in [-0.39, 0.29) is 18.2 Å². The first-order valence-electron chi connectivity index (χ1n) is 3.91. The van der Waals surface area contributed by atoms with Gasteiger partial charge in [0.05, 0.1) is 16.3 Å². The van der Waals surface area contributed by atoms with Gasteiger partial charge in [0.15, 0.2) is 0 Å². The fourth-order valence-corrected chi connectivity index (χ4v) is 1.81. The summed E-state index contributed by atoms with van der Waals surface area (Å²) in [5.41, 5.74) is 0. The molecule has 0 radical (unpaired) electrons. The van der Waals surface area contributed by atoms with Crippen LogP contribution in [0, 0.1) is 0 Å². The van der Waals surface area contributed by atoms with E-state index < -0.39 is 5.97 Å². The fraction of sp³-hybridized carbons (Fsp3) is 0.500. The normalized spacial score (nSPS) is 10.7. The van der Waals surface area contributed by atoms with Crippen LogP contribution in [0.1, 0.15) is 29.7 Å². The molecule has 2 N–H and O–H groups in total. The fourth-order valence-electron chi connectivity index (χ4n) is 0.861. The molecule has 1 aromatic heterocycles. The van der Waals surface area contributed by atoms with Crippen molar-refractivity contribution < 1.29 is 15.0 Å². The number of nitrogens with zero attached hydrogens (tertiary/aromatic N) is 1. The number of rotatable bonds is 3. The third-order valence-electron chi connectivity index (χ3n) is 1.50. The first-order valence-corrected chi connectivity index (χ1v) is 4.72. The molecule has 0 fully saturated rings. The van der Waals surface area contributed by atoms with Gasteiger partial charge in [-0.15, -0.1) is 11.3 Å². The molecule has 0 unspecified atom stereocenters. The smallest absolute Gasteiger partial charge is 0.308 e. The SMILES string of the molecule is CC(C)c1nc(O)c(CC(=O)O)s1. The van der Waals surface area contributed by atoms with Crippen LogP contribution < -0.4 is 0 Å². The lowest BCUT2D eigenvalue weighted by Gasteiger charge is -1.94. The van der Waals surface area contributed by atoms with E-state index in [2.05, 4.69) is 4.98 Å². The second-order valence-corrected chi connectivity index (χ2v) is 4.14. The van der Waals surface area contributed by atoms with E-state index in [0.29, 0.717) is 4.88 Å². The Morgan fingerprint density at radius 3 is 2.62 bits per heavy atom. The van der Waals surface area contributed by atoms with Crippen LogP contribution >= 0.6 is 11.3 Å². The summed E-state index contributed by atoms with van der Waals surface area (Å²) in [5.74, 6) is -0.871. The number of aromatic hydroxyl groups is 1. The van der Waals surface area contributed by atoms with Crippen molar-refractivity contribution in [3.05, 3.63) is 9.88 Å². The molecular weight excluding hydrogens is 190 g/mol. The van der Waals surface area contributed by atoms with E-state index in [1.54, 1.807) is 0 Å². The van der Waals surface area contributed by atoms with Gasteiger partial charge in [-0.25, -0.2) is 4.98 Å². The Bertz CT molecular complexity index is 319. The van der Waals surface area contributed by atoms with Gasteiger partial charge < -0.3 is 10.2 Å². The Labute approximate surface area is 79.9 Å². The molecule has 0 saturated carbocycles. The zero-order valence-electron chi connectivity index (χ0n) is 7.44. The molecule has 0 saturated heterocycles. The van der Waals surface area contributed by atoms with Crippen molar-refractivity contribution >= 4 is 17.3 Å². The topological polar surface area (TPSA) is 70.4 Å². The van der Waals surface area contributed by atoms with Gasteiger partial charge in [0, 0.05) is 5.92 Å². The molecule has 4 nitrogen and oxygen atoms in total. The number of carboxylic acid groups (broad SMARTS) is 1. The molecule has 0 spiro atoms. The average molecular weight is 201 g/mol. The maximum atomic E-state index is 10.4. The Hall–Kier alpha value is -1.10. The van der Waals surface area contributed by atoms with Gasteiger partial charge in [0.2, 0.25) is 5.88 Å². The van der Waals surface area contributed by atoms with Crippen LogP contribution in [0.5, 0.6) is 5.88 Å². The minimum Gasteiger partial charge on any atom is -0.492 e. The Balaban J connectivity index is 2.89. The quantitative estimate of drug-likeness (QED) is 0.779. The van der Waals surface area contributed by atoms with Crippen molar-refractivity contribution in [2.45, 2.75) is 26.2 Å². The summed E-state index contributed by atoms with van der Waals surface area (Å²) in [6.45, 7) is 3.89. The molecule has 1 heterocycles. The number of carboxylic acids is 1. The number of carbonyl (C=O) groups is 1. The van der Waals surface area contributed by atoms with Crippen LogP contribution in [0.15, 0.2) is 0 Å². The van der Waals surface area contributed by atoms with Crippen LogP contribution in [0.2, 0.25) is 0 Å². The predicted octanol–water partition coefficient (Wildman–Crippen LogP) is 1.60. The predicted molar refractivity (Wildman–Crippen MR) is 49.2 cm³/mol. The molecule has 0 aliphatic rings. The molecule has 1 aromatic rings. The highest BCUT2D eigenvalue weighted by Crippen LogP contribution is 2.29. The molecule has 0 amide bonds. The zero-order chi connectivity index (χ0) is 10.0. The Morgan fingerprint density at radius 2 is 2.23 bits per heavy atom. The highest BCUT2D eigenvalue weighted by atomic mass is 32.1.